The monoisotopic (exact) mass is 387 g/mol. The van der Waals surface area contributed by atoms with Crippen LogP contribution >= 0.6 is 11.6 Å². The first-order chi connectivity index (χ1) is 12.3. The Kier molecular flexibility index (Phi) is 5.14. The Labute approximate surface area is 158 Å². The molecule has 1 heterocycles. The van der Waals surface area contributed by atoms with Gasteiger partial charge in [-0.3, -0.25) is 4.79 Å². The van der Waals surface area contributed by atoms with E-state index in [0.717, 1.165) is 5.56 Å². The van der Waals surface area contributed by atoms with E-state index in [1.165, 1.54) is 4.31 Å². The van der Waals surface area contributed by atoms with Crippen LogP contribution < -0.4 is 0 Å². The molecule has 0 fully saturated rings. The van der Waals surface area contributed by atoms with Crippen molar-refractivity contribution in [3.8, 4) is 0 Å². The SMILES string of the molecule is C=C1C=C(C=O)CN(S(=O)(=O)c2ccc(C)cc2)C1c1cccc(Cl)c1. The summed E-state index contributed by atoms with van der Waals surface area (Å²) in [6.07, 6.45) is 2.30. The Hall–Kier alpha value is -2.21. The molecule has 1 aliphatic heterocycles. The Morgan fingerprint density at radius 3 is 2.50 bits per heavy atom. The summed E-state index contributed by atoms with van der Waals surface area (Å²) in [7, 11) is -3.84. The van der Waals surface area contributed by atoms with Crippen molar-refractivity contribution in [3.05, 3.63) is 88.5 Å². The third kappa shape index (κ3) is 3.51. The highest BCUT2D eigenvalue weighted by molar-refractivity contribution is 7.89. The minimum Gasteiger partial charge on any atom is -0.298 e. The fourth-order valence-corrected chi connectivity index (χ4v) is 4.82. The molecule has 1 unspecified atom stereocenters. The Bertz CT molecular complexity index is 994. The predicted molar refractivity (Wildman–Crippen MR) is 103 cm³/mol. The zero-order chi connectivity index (χ0) is 18.9. The maximum absolute atomic E-state index is 13.3. The van der Waals surface area contributed by atoms with E-state index in [0.29, 0.717) is 28.0 Å². The average Bonchev–Trinajstić information content (AvgIpc) is 2.61. The predicted octanol–water partition coefficient (Wildman–Crippen LogP) is 4.08. The van der Waals surface area contributed by atoms with Gasteiger partial charge in [-0.2, -0.15) is 4.31 Å². The number of nitrogens with zero attached hydrogens (tertiary/aromatic N) is 1. The van der Waals surface area contributed by atoms with Gasteiger partial charge in [-0.05, 0) is 48.4 Å². The van der Waals surface area contributed by atoms with Gasteiger partial charge in [0.2, 0.25) is 10.0 Å². The molecule has 3 rings (SSSR count). The first-order valence-electron chi connectivity index (χ1n) is 8.01. The molecular weight excluding hydrogens is 370 g/mol. The van der Waals surface area contributed by atoms with Gasteiger partial charge >= 0.3 is 0 Å². The highest BCUT2D eigenvalue weighted by Crippen LogP contribution is 2.38. The fraction of sp³-hybridized carbons (Fsp3) is 0.150. The summed E-state index contributed by atoms with van der Waals surface area (Å²) >= 11 is 6.09. The molecule has 26 heavy (non-hydrogen) atoms. The average molecular weight is 388 g/mol. The highest BCUT2D eigenvalue weighted by Gasteiger charge is 2.36. The summed E-state index contributed by atoms with van der Waals surface area (Å²) in [5.74, 6) is 0. The molecule has 6 heteroatoms. The fourth-order valence-electron chi connectivity index (χ4n) is 3.02. The van der Waals surface area contributed by atoms with E-state index in [4.69, 9.17) is 11.6 Å². The summed E-state index contributed by atoms with van der Waals surface area (Å²) in [5, 5.41) is 0.508. The number of carbonyl (C=O) groups is 1. The standard InChI is InChI=1S/C20H18ClNO3S/c1-14-6-8-19(9-7-14)26(24,25)22-12-16(13-23)10-15(2)20(22)17-4-3-5-18(21)11-17/h3-11,13,20H,2,12H2,1H3. The molecular formula is C20H18ClNO3S. The number of aldehydes is 1. The first-order valence-corrected chi connectivity index (χ1v) is 9.83. The van der Waals surface area contributed by atoms with Crippen molar-refractivity contribution in [2.75, 3.05) is 6.54 Å². The van der Waals surface area contributed by atoms with Crippen LogP contribution in [0.3, 0.4) is 0 Å². The van der Waals surface area contributed by atoms with Gasteiger partial charge in [0.1, 0.15) is 6.29 Å². The summed E-state index contributed by atoms with van der Waals surface area (Å²) in [6, 6.07) is 13.0. The number of hydrogen-bond acceptors (Lipinski definition) is 3. The molecule has 0 spiro atoms. The molecule has 1 aliphatic rings. The van der Waals surface area contributed by atoms with Crippen molar-refractivity contribution < 1.29 is 13.2 Å². The second-order valence-corrected chi connectivity index (χ2v) is 8.56. The largest absolute Gasteiger partial charge is 0.298 e. The molecule has 2 aromatic rings. The van der Waals surface area contributed by atoms with Crippen molar-refractivity contribution >= 4 is 27.9 Å². The number of carbonyl (C=O) groups excluding carboxylic acids is 1. The quantitative estimate of drug-likeness (QED) is 0.743. The zero-order valence-corrected chi connectivity index (χ0v) is 15.8. The summed E-state index contributed by atoms with van der Waals surface area (Å²) in [5.41, 5.74) is 2.56. The minimum absolute atomic E-state index is 0.0179. The van der Waals surface area contributed by atoms with Gasteiger partial charge < -0.3 is 0 Å². The van der Waals surface area contributed by atoms with E-state index in [9.17, 15) is 13.2 Å². The van der Waals surface area contributed by atoms with E-state index >= 15 is 0 Å². The Morgan fingerprint density at radius 1 is 1.19 bits per heavy atom. The maximum Gasteiger partial charge on any atom is 0.244 e. The molecule has 0 radical (unpaired) electrons. The topological polar surface area (TPSA) is 54.5 Å². The molecule has 2 aromatic carbocycles. The molecule has 0 N–H and O–H groups in total. The van der Waals surface area contributed by atoms with Crippen LogP contribution in [0.2, 0.25) is 5.02 Å². The lowest BCUT2D eigenvalue weighted by Gasteiger charge is -2.35. The van der Waals surface area contributed by atoms with Crippen LogP contribution in [0.4, 0.5) is 0 Å². The number of sulfonamides is 1. The summed E-state index contributed by atoms with van der Waals surface area (Å²) in [4.78, 5) is 11.5. The van der Waals surface area contributed by atoms with Crippen LogP contribution in [0.25, 0.3) is 0 Å². The van der Waals surface area contributed by atoms with Gasteiger partial charge in [-0.15, -0.1) is 0 Å². The van der Waals surface area contributed by atoms with Crippen LogP contribution in [-0.2, 0) is 14.8 Å². The van der Waals surface area contributed by atoms with Crippen molar-refractivity contribution in [2.45, 2.75) is 17.9 Å². The van der Waals surface area contributed by atoms with Crippen molar-refractivity contribution in [1.29, 1.82) is 0 Å². The number of halogens is 1. The van der Waals surface area contributed by atoms with Gasteiger partial charge in [-0.25, -0.2) is 8.42 Å². The molecule has 0 bridgehead atoms. The second kappa shape index (κ2) is 7.19. The van der Waals surface area contributed by atoms with Crippen molar-refractivity contribution in [3.63, 3.8) is 0 Å². The lowest BCUT2D eigenvalue weighted by atomic mass is 9.95. The number of benzene rings is 2. The van der Waals surface area contributed by atoms with Crippen LogP contribution in [0.5, 0.6) is 0 Å². The van der Waals surface area contributed by atoms with Crippen molar-refractivity contribution in [1.82, 2.24) is 4.31 Å². The smallest absolute Gasteiger partial charge is 0.244 e. The Balaban J connectivity index is 2.14. The first kappa shape index (κ1) is 18.6. The molecule has 0 aliphatic carbocycles. The lowest BCUT2D eigenvalue weighted by molar-refractivity contribution is -0.105. The van der Waals surface area contributed by atoms with E-state index in [1.54, 1.807) is 54.6 Å². The number of aryl methyl sites for hydroxylation is 1. The zero-order valence-electron chi connectivity index (χ0n) is 14.2. The lowest BCUT2D eigenvalue weighted by Crippen LogP contribution is -2.39. The Morgan fingerprint density at radius 2 is 1.88 bits per heavy atom. The third-order valence-corrected chi connectivity index (χ3v) is 6.35. The van der Waals surface area contributed by atoms with Gasteiger partial charge in [0.05, 0.1) is 10.9 Å². The maximum atomic E-state index is 13.3. The number of hydrogen-bond donors (Lipinski definition) is 0. The van der Waals surface area contributed by atoms with Crippen LogP contribution in [0.15, 0.2) is 77.2 Å². The molecule has 0 amide bonds. The van der Waals surface area contributed by atoms with E-state index in [1.807, 2.05) is 6.92 Å². The number of rotatable bonds is 4. The van der Waals surface area contributed by atoms with Gasteiger partial charge in [0.15, 0.2) is 0 Å². The molecule has 0 saturated carbocycles. The van der Waals surface area contributed by atoms with Crippen molar-refractivity contribution in [2.24, 2.45) is 0 Å². The molecule has 134 valence electrons. The normalized spacial score (nSPS) is 18.5. The third-order valence-electron chi connectivity index (χ3n) is 4.29. The summed E-state index contributed by atoms with van der Waals surface area (Å²) in [6.45, 7) is 5.86. The van der Waals surface area contributed by atoms with E-state index in [2.05, 4.69) is 6.58 Å². The van der Waals surface area contributed by atoms with Crippen LogP contribution in [0.1, 0.15) is 17.2 Å². The molecule has 0 saturated heterocycles. The van der Waals surface area contributed by atoms with Gasteiger partial charge in [-0.1, -0.05) is 48.0 Å². The molecule has 0 aromatic heterocycles. The van der Waals surface area contributed by atoms with Crippen LogP contribution in [-0.4, -0.2) is 25.6 Å². The summed E-state index contributed by atoms with van der Waals surface area (Å²) < 4.78 is 27.9. The molecule has 1 atom stereocenters. The van der Waals surface area contributed by atoms with E-state index in [-0.39, 0.29) is 11.4 Å². The van der Waals surface area contributed by atoms with Gasteiger partial charge in [0, 0.05) is 17.1 Å². The van der Waals surface area contributed by atoms with Crippen LogP contribution in [0, 0.1) is 6.92 Å². The minimum atomic E-state index is -3.84. The molecule has 4 nitrogen and oxygen atoms in total. The highest BCUT2D eigenvalue weighted by atomic mass is 35.5. The second-order valence-electron chi connectivity index (χ2n) is 6.23. The van der Waals surface area contributed by atoms with Gasteiger partial charge in [0.25, 0.3) is 0 Å². The van der Waals surface area contributed by atoms with E-state index < -0.39 is 16.1 Å².